The minimum atomic E-state index is -0.374. The maximum Gasteiger partial charge on any atom is 0.323 e. The zero-order valence-corrected chi connectivity index (χ0v) is 11.7. The van der Waals surface area contributed by atoms with E-state index >= 15 is 0 Å². The van der Waals surface area contributed by atoms with E-state index in [2.05, 4.69) is 15.0 Å². The molecule has 0 amide bonds. The first-order valence-corrected chi connectivity index (χ1v) is 6.49. The SMILES string of the molecule is Cc1cn(-c2ccc(C(=O)c3[nH]c(=O)[nH]c3C)cc2)cn1. The molecule has 3 aromatic rings. The highest BCUT2D eigenvalue weighted by Crippen LogP contribution is 2.14. The Bertz CT molecular complexity index is 852. The summed E-state index contributed by atoms with van der Waals surface area (Å²) in [6, 6.07) is 7.15. The first-order chi connectivity index (χ1) is 10.0. The molecular weight excluding hydrogens is 268 g/mol. The van der Waals surface area contributed by atoms with Crippen molar-refractivity contribution in [3.63, 3.8) is 0 Å². The van der Waals surface area contributed by atoms with Crippen molar-refractivity contribution in [1.82, 2.24) is 19.5 Å². The zero-order chi connectivity index (χ0) is 15.0. The van der Waals surface area contributed by atoms with Gasteiger partial charge < -0.3 is 14.5 Å². The van der Waals surface area contributed by atoms with Crippen LogP contribution in [0.5, 0.6) is 0 Å². The van der Waals surface area contributed by atoms with Crippen LogP contribution < -0.4 is 5.69 Å². The predicted molar refractivity (Wildman–Crippen MR) is 77.9 cm³/mol. The first kappa shape index (κ1) is 13.1. The van der Waals surface area contributed by atoms with Crippen LogP contribution in [0.4, 0.5) is 0 Å². The lowest BCUT2D eigenvalue weighted by molar-refractivity contribution is 0.103. The Balaban J connectivity index is 1.92. The number of rotatable bonds is 3. The largest absolute Gasteiger partial charge is 0.323 e. The molecule has 0 spiro atoms. The maximum atomic E-state index is 12.3. The second-order valence-electron chi connectivity index (χ2n) is 4.88. The van der Waals surface area contributed by atoms with Crippen LogP contribution in [0.25, 0.3) is 5.69 Å². The van der Waals surface area contributed by atoms with Crippen LogP contribution >= 0.6 is 0 Å². The summed E-state index contributed by atoms with van der Waals surface area (Å²) in [5.74, 6) is -0.209. The van der Waals surface area contributed by atoms with E-state index in [1.165, 1.54) is 0 Å². The van der Waals surface area contributed by atoms with Crippen molar-refractivity contribution in [2.75, 3.05) is 0 Å². The standard InChI is InChI=1S/C15H14N4O2/c1-9-7-19(8-16-9)12-5-3-11(4-6-12)14(20)13-10(2)17-15(21)18-13/h3-8H,1-2H3,(H2,17,18,21). The van der Waals surface area contributed by atoms with Gasteiger partial charge in [0.2, 0.25) is 5.78 Å². The van der Waals surface area contributed by atoms with Gasteiger partial charge in [0.25, 0.3) is 0 Å². The fraction of sp³-hybridized carbons (Fsp3) is 0.133. The molecule has 0 saturated heterocycles. The van der Waals surface area contributed by atoms with Crippen LogP contribution in [0.2, 0.25) is 0 Å². The lowest BCUT2D eigenvalue weighted by Crippen LogP contribution is -2.06. The van der Waals surface area contributed by atoms with Crippen molar-refractivity contribution in [3.8, 4) is 5.69 Å². The second-order valence-corrected chi connectivity index (χ2v) is 4.88. The molecule has 0 fully saturated rings. The minimum absolute atomic E-state index is 0.209. The van der Waals surface area contributed by atoms with Gasteiger partial charge in [-0.25, -0.2) is 9.78 Å². The number of imidazole rings is 2. The number of hydrogen-bond acceptors (Lipinski definition) is 3. The molecule has 0 radical (unpaired) electrons. The van der Waals surface area contributed by atoms with Gasteiger partial charge in [-0.05, 0) is 38.1 Å². The van der Waals surface area contributed by atoms with Crippen LogP contribution in [-0.4, -0.2) is 25.3 Å². The summed E-state index contributed by atoms with van der Waals surface area (Å²) in [6.07, 6.45) is 3.63. The number of nitrogens with one attached hydrogen (secondary N) is 2. The van der Waals surface area contributed by atoms with Gasteiger partial charge in [0.15, 0.2) is 0 Å². The summed E-state index contributed by atoms with van der Waals surface area (Å²) in [7, 11) is 0. The van der Waals surface area contributed by atoms with Gasteiger partial charge in [-0.2, -0.15) is 0 Å². The van der Waals surface area contributed by atoms with E-state index in [-0.39, 0.29) is 11.5 Å². The van der Waals surface area contributed by atoms with Crippen LogP contribution in [0.3, 0.4) is 0 Å². The van der Waals surface area contributed by atoms with Crippen molar-refractivity contribution in [2.24, 2.45) is 0 Å². The average molecular weight is 282 g/mol. The van der Waals surface area contributed by atoms with Crippen LogP contribution in [0, 0.1) is 13.8 Å². The molecule has 2 N–H and O–H groups in total. The third kappa shape index (κ3) is 2.43. The van der Waals surface area contributed by atoms with Gasteiger partial charge in [-0.3, -0.25) is 4.79 Å². The number of ketones is 1. The van der Waals surface area contributed by atoms with Crippen LogP contribution in [0.15, 0.2) is 41.6 Å². The number of aromatic amines is 2. The van der Waals surface area contributed by atoms with Crippen molar-refractivity contribution in [3.05, 3.63) is 69.9 Å². The van der Waals surface area contributed by atoms with Crippen LogP contribution in [0.1, 0.15) is 27.4 Å². The highest BCUT2D eigenvalue weighted by atomic mass is 16.1. The molecule has 6 heteroatoms. The Morgan fingerprint density at radius 3 is 2.38 bits per heavy atom. The topological polar surface area (TPSA) is 83.5 Å². The quantitative estimate of drug-likeness (QED) is 0.718. The summed E-state index contributed by atoms with van der Waals surface area (Å²) < 4.78 is 1.88. The van der Waals surface area contributed by atoms with Gasteiger partial charge in [0, 0.05) is 23.1 Å². The molecule has 1 aromatic carbocycles. The highest BCUT2D eigenvalue weighted by molar-refractivity contribution is 6.08. The van der Waals surface area contributed by atoms with E-state index in [1.54, 1.807) is 25.4 Å². The number of aryl methyl sites for hydroxylation is 2. The van der Waals surface area contributed by atoms with Crippen molar-refractivity contribution in [2.45, 2.75) is 13.8 Å². The average Bonchev–Trinajstić information content (AvgIpc) is 3.04. The molecule has 0 bridgehead atoms. The number of carbonyl (C=O) groups excluding carboxylic acids is 1. The Morgan fingerprint density at radius 1 is 1.14 bits per heavy atom. The Labute approximate surface area is 120 Å². The normalized spacial score (nSPS) is 10.8. The number of hydrogen-bond donors (Lipinski definition) is 2. The van der Waals surface area contributed by atoms with Gasteiger partial charge in [-0.15, -0.1) is 0 Å². The van der Waals surface area contributed by atoms with Gasteiger partial charge >= 0.3 is 5.69 Å². The monoisotopic (exact) mass is 282 g/mol. The molecule has 0 aliphatic heterocycles. The third-order valence-electron chi connectivity index (χ3n) is 3.28. The minimum Gasteiger partial charge on any atom is -0.310 e. The molecule has 3 rings (SSSR count). The van der Waals surface area contributed by atoms with Crippen molar-refractivity contribution in [1.29, 1.82) is 0 Å². The smallest absolute Gasteiger partial charge is 0.310 e. The van der Waals surface area contributed by atoms with Gasteiger partial charge in [0.1, 0.15) is 5.69 Å². The molecule has 21 heavy (non-hydrogen) atoms. The summed E-state index contributed by atoms with van der Waals surface area (Å²) in [5.41, 5.74) is 2.84. The number of H-pyrrole nitrogens is 2. The molecule has 0 aliphatic rings. The fourth-order valence-electron chi connectivity index (χ4n) is 2.19. The van der Waals surface area contributed by atoms with Crippen molar-refractivity contribution >= 4 is 5.78 Å². The third-order valence-corrected chi connectivity index (χ3v) is 3.28. The molecule has 106 valence electrons. The molecule has 2 heterocycles. The Hall–Kier alpha value is -2.89. The van der Waals surface area contributed by atoms with Gasteiger partial charge in [0.05, 0.1) is 12.0 Å². The summed E-state index contributed by atoms with van der Waals surface area (Å²) >= 11 is 0. The number of aromatic nitrogens is 4. The Kier molecular flexibility index (Phi) is 3.06. The first-order valence-electron chi connectivity index (χ1n) is 6.49. The van der Waals surface area contributed by atoms with E-state index in [9.17, 15) is 9.59 Å². The lowest BCUT2D eigenvalue weighted by atomic mass is 10.1. The highest BCUT2D eigenvalue weighted by Gasteiger charge is 2.14. The molecule has 6 nitrogen and oxygen atoms in total. The number of carbonyl (C=O) groups is 1. The summed E-state index contributed by atoms with van der Waals surface area (Å²) in [4.78, 5) is 32.8. The van der Waals surface area contributed by atoms with E-state index < -0.39 is 0 Å². The number of benzene rings is 1. The molecule has 0 aliphatic carbocycles. The predicted octanol–water partition coefficient (Wildman–Crippen LogP) is 1.74. The molecule has 0 unspecified atom stereocenters. The lowest BCUT2D eigenvalue weighted by Gasteiger charge is -2.04. The number of nitrogens with zero attached hydrogens (tertiary/aromatic N) is 2. The maximum absolute atomic E-state index is 12.3. The molecule has 0 saturated carbocycles. The second kappa shape index (κ2) is 4.90. The molecule has 0 atom stereocenters. The zero-order valence-electron chi connectivity index (χ0n) is 11.7. The van der Waals surface area contributed by atoms with Crippen LogP contribution in [-0.2, 0) is 0 Å². The summed E-state index contributed by atoms with van der Waals surface area (Å²) in [6.45, 7) is 3.60. The van der Waals surface area contributed by atoms with E-state index in [1.807, 2.05) is 29.8 Å². The van der Waals surface area contributed by atoms with E-state index in [4.69, 9.17) is 0 Å². The molecular formula is C15H14N4O2. The van der Waals surface area contributed by atoms with E-state index in [0.29, 0.717) is 17.0 Å². The summed E-state index contributed by atoms with van der Waals surface area (Å²) in [5, 5.41) is 0. The van der Waals surface area contributed by atoms with Crippen molar-refractivity contribution < 1.29 is 4.79 Å². The van der Waals surface area contributed by atoms with E-state index in [0.717, 1.165) is 11.4 Å². The molecule has 2 aromatic heterocycles. The Morgan fingerprint density at radius 2 is 1.86 bits per heavy atom. The van der Waals surface area contributed by atoms with Gasteiger partial charge in [-0.1, -0.05) is 0 Å². The fourth-order valence-corrected chi connectivity index (χ4v) is 2.19.